The van der Waals surface area contributed by atoms with Crippen molar-refractivity contribution >= 4 is 34.7 Å². The van der Waals surface area contributed by atoms with E-state index >= 15 is 0 Å². The van der Waals surface area contributed by atoms with Crippen LogP contribution in [0.15, 0.2) is 34.4 Å². The molecule has 19 heavy (non-hydrogen) atoms. The second-order valence-electron chi connectivity index (χ2n) is 3.74. The van der Waals surface area contributed by atoms with Crippen LogP contribution in [0.3, 0.4) is 0 Å². The van der Waals surface area contributed by atoms with Gasteiger partial charge < -0.3 is 0 Å². The molecule has 0 spiro atoms. The van der Waals surface area contributed by atoms with Gasteiger partial charge >= 0.3 is 0 Å². The Morgan fingerprint density at radius 2 is 2.16 bits per heavy atom. The van der Waals surface area contributed by atoms with Crippen molar-refractivity contribution in [3.8, 4) is 0 Å². The number of carbonyl (C=O) groups excluding carboxylic acids is 1. The van der Waals surface area contributed by atoms with Gasteiger partial charge in [-0.05, 0) is 24.6 Å². The molecule has 2 rings (SSSR count). The van der Waals surface area contributed by atoms with Crippen LogP contribution in [-0.4, -0.2) is 27.5 Å². The molecule has 8 heteroatoms. The highest BCUT2D eigenvalue weighted by molar-refractivity contribution is 8.15. The molecule has 1 amide bonds. The van der Waals surface area contributed by atoms with Crippen LogP contribution in [0.4, 0.5) is 5.69 Å². The number of nitrogens with zero attached hydrogens (tertiary/aromatic N) is 3. The summed E-state index contributed by atoms with van der Waals surface area (Å²) in [6.45, 7) is 1.76. The Labute approximate surface area is 112 Å². The summed E-state index contributed by atoms with van der Waals surface area (Å²) in [5.74, 6) is -0.153. The molecule has 1 heterocycles. The monoisotopic (exact) mass is 278 g/mol. The third kappa shape index (κ3) is 3.38. The lowest BCUT2D eigenvalue weighted by atomic mass is 10.2. The zero-order chi connectivity index (χ0) is 13.8. The number of nitrogens with one attached hydrogen (secondary N) is 1. The molecule has 0 bridgehead atoms. The first kappa shape index (κ1) is 13.2. The average Bonchev–Trinajstić information content (AvgIpc) is 2.40. The van der Waals surface area contributed by atoms with Gasteiger partial charge in [0.15, 0.2) is 0 Å². The molecule has 0 radical (unpaired) electrons. The quantitative estimate of drug-likeness (QED) is 0.504. The van der Waals surface area contributed by atoms with Crippen LogP contribution in [0.1, 0.15) is 12.5 Å². The van der Waals surface area contributed by atoms with Crippen LogP contribution in [-0.2, 0) is 4.79 Å². The number of nitro groups is 1. The van der Waals surface area contributed by atoms with Crippen LogP contribution in [0.2, 0.25) is 0 Å². The molecule has 1 N–H and O–H groups in total. The van der Waals surface area contributed by atoms with Crippen LogP contribution in [0.25, 0.3) is 0 Å². The molecule has 1 aromatic rings. The molecule has 0 aromatic heterocycles. The number of amidine groups is 1. The zero-order valence-electron chi connectivity index (χ0n) is 9.94. The lowest BCUT2D eigenvalue weighted by molar-refractivity contribution is -0.384. The molecule has 1 aliphatic heterocycles. The molecule has 0 aliphatic carbocycles. The topological polar surface area (TPSA) is 97.0 Å². The number of non-ortho nitro benzene ring substituents is 1. The van der Waals surface area contributed by atoms with E-state index < -0.39 is 4.92 Å². The average molecular weight is 278 g/mol. The first-order valence-corrected chi connectivity index (χ1v) is 6.27. The van der Waals surface area contributed by atoms with Gasteiger partial charge in [-0.15, -0.1) is 5.10 Å². The fourth-order valence-corrected chi connectivity index (χ4v) is 1.99. The van der Waals surface area contributed by atoms with Crippen molar-refractivity contribution in [3.05, 3.63) is 39.9 Å². The molecular weight excluding hydrogens is 268 g/mol. The standard InChI is InChI=1S/C11H10N4O3S/c1-7-10(16)13-14-11(19-7)12-6-8-2-4-9(5-3-8)15(17)18/h2-7H,1H3,(H,13,16)/t7-/m1/s1. The SMILES string of the molecule is C[C@H]1SC(N=Cc2ccc([N+](=O)[O-])cc2)=NNC1=O. The summed E-state index contributed by atoms with van der Waals surface area (Å²) < 4.78 is 0. The highest BCUT2D eigenvalue weighted by atomic mass is 32.2. The maximum Gasteiger partial charge on any atom is 0.269 e. The molecule has 1 aromatic carbocycles. The summed E-state index contributed by atoms with van der Waals surface area (Å²) >= 11 is 1.25. The van der Waals surface area contributed by atoms with E-state index in [0.717, 1.165) is 5.56 Å². The van der Waals surface area contributed by atoms with E-state index in [-0.39, 0.29) is 16.8 Å². The molecule has 98 valence electrons. The van der Waals surface area contributed by atoms with Crippen molar-refractivity contribution in [2.45, 2.75) is 12.2 Å². The maximum absolute atomic E-state index is 11.2. The Hall–Kier alpha value is -2.22. The molecule has 1 aliphatic rings. The number of nitro benzene ring substituents is 1. The summed E-state index contributed by atoms with van der Waals surface area (Å²) in [5, 5.41) is 14.5. The highest BCUT2D eigenvalue weighted by Gasteiger charge is 2.20. The summed E-state index contributed by atoms with van der Waals surface area (Å²) in [6.07, 6.45) is 1.54. The third-order valence-electron chi connectivity index (χ3n) is 2.34. The fourth-order valence-electron chi connectivity index (χ4n) is 1.30. The lowest BCUT2D eigenvalue weighted by Crippen LogP contribution is -2.32. The molecule has 1 atom stereocenters. The Bertz CT molecular complexity index is 568. The number of carbonyl (C=O) groups is 1. The molecule has 7 nitrogen and oxygen atoms in total. The number of hydrogen-bond acceptors (Lipinski definition) is 6. The smallest absolute Gasteiger partial charge is 0.269 e. The van der Waals surface area contributed by atoms with E-state index in [0.29, 0.717) is 5.17 Å². The van der Waals surface area contributed by atoms with Gasteiger partial charge in [-0.25, -0.2) is 10.4 Å². The van der Waals surface area contributed by atoms with Gasteiger partial charge in [-0.3, -0.25) is 14.9 Å². The Morgan fingerprint density at radius 3 is 2.74 bits per heavy atom. The molecular formula is C11H10N4O3S. The summed E-state index contributed by atoms with van der Waals surface area (Å²) in [5.41, 5.74) is 3.12. The van der Waals surface area contributed by atoms with Crippen LogP contribution in [0.5, 0.6) is 0 Å². The van der Waals surface area contributed by atoms with Crippen molar-refractivity contribution in [3.63, 3.8) is 0 Å². The van der Waals surface area contributed by atoms with E-state index in [1.54, 1.807) is 25.3 Å². The summed E-state index contributed by atoms with van der Waals surface area (Å²) in [6, 6.07) is 6.00. The van der Waals surface area contributed by atoms with Crippen LogP contribution < -0.4 is 5.43 Å². The fraction of sp³-hybridized carbons (Fsp3) is 0.182. The van der Waals surface area contributed by atoms with Gasteiger partial charge in [-0.2, -0.15) is 0 Å². The van der Waals surface area contributed by atoms with Gasteiger partial charge in [-0.1, -0.05) is 11.8 Å². The molecule has 0 saturated heterocycles. The van der Waals surface area contributed by atoms with E-state index in [4.69, 9.17) is 0 Å². The van der Waals surface area contributed by atoms with Crippen LogP contribution >= 0.6 is 11.8 Å². The van der Waals surface area contributed by atoms with E-state index in [1.807, 2.05) is 0 Å². The van der Waals surface area contributed by atoms with Crippen molar-refractivity contribution in [2.24, 2.45) is 10.1 Å². The number of thioether (sulfide) groups is 1. The zero-order valence-corrected chi connectivity index (χ0v) is 10.8. The van der Waals surface area contributed by atoms with Crippen LogP contribution in [0, 0.1) is 10.1 Å². The largest absolute Gasteiger partial charge is 0.272 e. The second-order valence-corrected chi connectivity index (χ2v) is 5.05. The van der Waals surface area contributed by atoms with Crippen molar-refractivity contribution in [1.29, 1.82) is 0 Å². The Morgan fingerprint density at radius 1 is 1.47 bits per heavy atom. The summed E-state index contributed by atoms with van der Waals surface area (Å²) in [4.78, 5) is 25.3. The number of rotatable bonds is 2. The second kappa shape index (κ2) is 5.61. The number of benzene rings is 1. The van der Waals surface area contributed by atoms with Crippen molar-refractivity contribution < 1.29 is 9.72 Å². The minimum absolute atomic E-state index is 0.0300. The van der Waals surface area contributed by atoms with Gasteiger partial charge in [0.2, 0.25) is 5.17 Å². The third-order valence-corrected chi connectivity index (χ3v) is 3.32. The van der Waals surface area contributed by atoms with Gasteiger partial charge in [0.1, 0.15) is 0 Å². The number of aliphatic imine (C=N–C) groups is 1. The molecule has 0 saturated carbocycles. The van der Waals surface area contributed by atoms with E-state index in [1.165, 1.54) is 23.9 Å². The minimum Gasteiger partial charge on any atom is -0.272 e. The normalized spacial score (nSPS) is 19.1. The Kier molecular flexibility index (Phi) is 3.91. The lowest BCUT2D eigenvalue weighted by Gasteiger charge is -2.13. The highest BCUT2D eigenvalue weighted by Crippen LogP contribution is 2.17. The Balaban J connectivity index is 2.06. The minimum atomic E-state index is -0.459. The predicted molar refractivity (Wildman–Crippen MR) is 73.3 cm³/mol. The number of hydrazone groups is 1. The van der Waals surface area contributed by atoms with Gasteiger partial charge in [0, 0.05) is 18.3 Å². The number of hydrogen-bond donors (Lipinski definition) is 1. The first-order valence-electron chi connectivity index (χ1n) is 5.39. The van der Waals surface area contributed by atoms with Crippen molar-refractivity contribution in [1.82, 2.24) is 5.43 Å². The van der Waals surface area contributed by atoms with Gasteiger partial charge in [0.05, 0.1) is 10.2 Å². The van der Waals surface area contributed by atoms with Gasteiger partial charge in [0.25, 0.3) is 11.6 Å². The van der Waals surface area contributed by atoms with Crippen molar-refractivity contribution in [2.75, 3.05) is 0 Å². The first-order chi connectivity index (χ1) is 9.06. The number of amides is 1. The van der Waals surface area contributed by atoms with E-state index in [9.17, 15) is 14.9 Å². The molecule has 0 unspecified atom stereocenters. The maximum atomic E-state index is 11.2. The predicted octanol–water partition coefficient (Wildman–Crippen LogP) is 1.54. The van der Waals surface area contributed by atoms with E-state index in [2.05, 4.69) is 15.5 Å². The molecule has 0 fully saturated rings. The summed E-state index contributed by atoms with van der Waals surface area (Å²) in [7, 11) is 0.